The van der Waals surface area contributed by atoms with Gasteiger partial charge in [0.1, 0.15) is 0 Å². The smallest absolute Gasteiger partial charge is 0.264 e. The average molecular weight is 131 g/mol. The number of hydrogen-bond donors (Lipinski definition) is 1. The average Bonchev–Trinajstić information content (AvgIpc) is 1.85. The third-order valence-electron chi connectivity index (χ3n) is 0.788. The van der Waals surface area contributed by atoms with Crippen LogP contribution in [0.5, 0.6) is 5.06 Å². The molecule has 1 heterocycles. The zero-order valence-corrected chi connectivity index (χ0v) is 5.10. The van der Waals surface area contributed by atoms with Gasteiger partial charge in [0.05, 0.1) is 6.07 Å². The lowest BCUT2D eigenvalue weighted by Gasteiger charge is -1.77. The van der Waals surface area contributed by atoms with E-state index in [1.165, 1.54) is 10.0 Å². The minimum absolute atomic E-state index is 0.0671. The molecular formula is C4H5NO2S. The summed E-state index contributed by atoms with van der Waals surface area (Å²) in [6, 6.07) is 1.19. The van der Waals surface area contributed by atoms with E-state index < -0.39 is 0 Å². The highest BCUT2D eigenvalue weighted by Gasteiger charge is 1.94. The van der Waals surface area contributed by atoms with Crippen molar-refractivity contribution < 1.29 is 5.11 Å². The Morgan fingerprint density at radius 3 is 2.62 bits per heavy atom. The molecule has 8 heavy (non-hydrogen) atoms. The van der Waals surface area contributed by atoms with Crippen LogP contribution in [0.4, 0.5) is 0 Å². The summed E-state index contributed by atoms with van der Waals surface area (Å²) in [4.78, 5) is 10.5. The summed E-state index contributed by atoms with van der Waals surface area (Å²) in [5, 5.41) is 8.70. The van der Waals surface area contributed by atoms with Gasteiger partial charge >= 0.3 is 0 Å². The Hall–Kier alpha value is -0.770. The lowest BCUT2D eigenvalue weighted by molar-refractivity contribution is 0.490. The Morgan fingerprint density at radius 2 is 2.50 bits per heavy atom. The Labute approximate surface area is 50.0 Å². The first-order chi connectivity index (χ1) is 3.70. The predicted octanol–water partition coefficient (Wildman–Crippen LogP) is 0.152. The molecule has 0 saturated carbocycles. The molecule has 1 N–H and O–H groups in total. The molecule has 0 aliphatic heterocycles. The normalized spacial score (nSPS) is 9.62. The van der Waals surface area contributed by atoms with Crippen LogP contribution in [0.1, 0.15) is 0 Å². The van der Waals surface area contributed by atoms with Gasteiger partial charge in [-0.15, -0.1) is 0 Å². The number of aromatic nitrogens is 1. The van der Waals surface area contributed by atoms with Crippen molar-refractivity contribution in [2.24, 2.45) is 7.05 Å². The van der Waals surface area contributed by atoms with Crippen LogP contribution in [0, 0.1) is 0 Å². The Balaban J connectivity index is 3.35. The van der Waals surface area contributed by atoms with Gasteiger partial charge in [-0.1, -0.05) is 0 Å². The minimum Gasteiger partial charge on any atom is -0.498 e. The van der Waals surface area contributed by atoms with Crippen LogP contribution in [-0.4, -0.2) is 9.06 Å². The summed E-state index contributed by atoms with van der Waals surface area (Å²) in [6.07, 6.45) is 0. The standard InChI is InChI=1S/C4H5NO2S/c1-5-3(6)2-4(7)8-5/h2,7H,1H3. The van der Waals surface area contributed by atoms with Crippen LogP contribution in [0.2, 0.25) is 0 Å². The van der Waals surface area contributed by atoms with Gasteiger partial charge in [-0.2, -0.15) is 0 Å². The van der Waals surface area contributed by atoms with Gasteiger partial charge in [0.2, 0.25) is 0 Å². The summed E-state index contributed by atoms with van der Waals surface area (Å²) in [6.45, 7) is 0. The van der Waals surface area contributed by atoms with Crippen molar-refractivity contribution in [2.75, 3.05) is 0 Å². The topological polar surface area (TPSA) is 42.2 Å². The highest BCUT2D eigenvalue weighted by molar-refractivity contribution is 7.08. The molecule has 0 spiro atoms. The van der Waals surface area contributed by atoms with E-state index >= 15 is 0 Å². The second-order valence-electron chi connectivity index (χ2n) is 1.41. The van der Waals surface area contributed by atoms with Crippen molar-refractivity contribution in [1.82, 2.24) is 3.96 Å². The molecule has 0 radical (unpaired) electrons. The number of aryl methyl sites for hydroxylation is 1. The van der Waals surface area contributed by atoms with Gasteiger partial charge in [0.15, 0.2) is 5.06 Å². The van der Waals surface area contributed by atoms with E-state index in [0.717, 1.165) is 11.5 Å². The summed E-state index contributed by atoms with van der Waals surface area (Å²) < 4.78 is 1.36. The van der Waals surface area contributed by atoms with E-state index in [-0.39, 0.29) is 10.6 Å². The summed E-state index contributed by atoms with van der Waals surface area (Å²) in [5.74, 6) is 0. The summed E-state index contributed by atoms with van der Waals surface area (Å²) in [5.41, 5.74) is -0.160. The van der Waals surface area contributed by atoms with E-state index in [4.69, 9.17) is 5.11 Å². The molecule has 0 bridgehead atoms. The molecule has 4 heteroatoms. The maximum Gasteiger partial charge on any atom is 0.264 e. The summed E-state index contributed by atoms with van der Waals surface area (Å²) >= 11 is 1.03. The quantitative estimate of drug-likeness (QED) is 0.544. The Morgan fingerprint density at radius 1 is 1.88 bits per heavy atom. The third kappa shape index (κ3) is 0.742. The van der Waals surface area contributed by atoms with Gasteiger partial charge in [0, 0.05) is 7.05 Å². The highest BCUT2D eigenvalue weighted by Crippen LogP contribution is 2.09. The van der Waals surface area contributed by atoms with E-state index in [0.29, 0.717) is 0 Å². The molecule has 1 aromatic rings. The predicted molar refractivity (Wildman–Crippen MR) is 31.2 cm³/mol. The van der Waals surface area contributed by atoms with E-state index in [1.54, 1.807) is 7.05 Å². The Kier molecular flexibility index (Phi) is 1.09. The molecule has 0 fully saturated rings. The van der Waals surface area contributed by atoms with E-state index in [1.807, 2.05) is 0 Å². The number of aromatic hydroxyl groups is 1. The molecule has 1 rings (SSSR count). The molecule has 3 nitrogen and oxygen atoms in total. The van der Waals surface area contributed by atoms with Crippen molar-refractivity contribution in [3.63, 3.8) is 0 Å². The lowest BCUT2D eigenvalue weighted by Crippen LogP contribution is -2.05. The molecule has 0 unspecified atom stereocenters. The van der Waals surface area contributed by atoms with Gasteiger partial charge in [0.25, 0.3) is 5.56 Å². The van der Waals surface area contributed by atoms with Crippen LogP contribution in [-0.2, 0) is 7.05 Å². The van der Waals surface area contributed by atoms with Crippen LogP contribution >= 0.6 is 11.5 Å². The molecule has 0 aliphatic carbocycles. The monoisotopic (exact) mass is 131 g/mol. The van der Waals surface area contributed by atoms with Crippen LogP contribution in [0.3, 0.4) is 0 Å². The van der Waals surface area contributed by atoms with Crippen molar-refractivity contribution in [3.8, 4) is 5.06 Å². The molecule has 0 saturated heterocycles. The highest BCUT2D eigenvalue weighted by atomic mass is 32.1. The molecule has 0 atom stereocenters. The zero-order valence-electron chi connectivity index (χ0n) is 4.29. The minimum atomic E-state index is -0.160. The van der Waals surface area contributed by atoms with Crippen molar-refractivity contribution in [1.29, 1.82) is 0 Å². The van der Waals surface area contributed by atoms with E-state index in [2.05, 4.69) is 0 Å². The fraction of sp³-hybridized carbons (Fsp3) is 0.250. The number of rotatable bonds is 0. The first-order valence-corrected chi connectivity index (χ1v) is 2.84. The van der Waals surface area contributed by atoms with E-state index in [9.17, 15) is 4.79 Å². The molecule has 0 amide bonds. The summed E-state index contributed by atoms with van der Waals surface area (Å²) in [7, 11) is 1.60. The second kappa shape index (κ2) is 1.63. The van der Waals surface area contributed by atoms with Crippen molar-refractivity contribution in [2.45, 2.75) is 0 Å². The second-order valence-corrected chi connectivity index (χ2v) is 2.56. The fourth-order valence-electron chi connectivity index (χ4n) is 0.408. The number of hydrogen-bond acceptors (Lipinski definition) is 3. The SMILES string of the molecule is Cn1sc(O)cc1=O. The van der Waals surface area contributed by atoms with Crippen LogP contribution < -0.4 is 5.56 Å². The zero-order chi connectivity index (χ0) is 6.15. The van der Waals surface area contributed by atoms with Gasteiger partial charge in [-0.05, 0) is 11.5 Å². The first kappa shape index (κ1) is 5.37. The van der Waals surface area contributed by atoms with Gasteiger partial charge < -0.3 is 5.11 Å². The van der Waals surface area contributed by atoms with Crippen LogP contribution in [0.15, 0.2) is 10.9 Å². The van der Waals surface area contributed by atoms with Crippen molar-refractivity contribution >= 4 is 11.5 Å². The van der Waals surface area contributed by atoms with Crippen LogP contribution in [0.25, 0.3) is 0 Å². The molecule has 1 aromatic heterocycles. The fourth-order valence-corrected chi connectivity index (χ4v) is 0.985. The maximum atomic E-state index is 10.5. The largest absolute Gasteiger partial charge is 0.498 e. The maximum absolute atomic E-state index is 10.5. The Bertz CT molecular complexity index is 236. The molecule has 44 valence electrons. The number of nitrogens with zero attached hydrogens (tertiary/aromatic N) is 1. The first-order valence-electron chi connectivity index (χ1n) is 2.06. The van der Waals surface area contributed by atoms with Crippen molar-refractivity contribution in [3.05, 3.63) is 16.4 Å². The van der Waals surface area contributed by atoms with Gasteiger partial charge in [-0.3, -0.25) is 8.75 Å². The molecular weight excluding hydrogens is 126 g/mol. The van der Waals surface area contributed by atoms with Gasteiger partial charge in [-0.25, -0.2) is 0 Å². The molecule has 0 aromatic carbocycles. The molecule has 0 aliphatic rings. The lowest BCUT2D eigenvalue weighted by atomic mass is 10.7. The third-order valence-corrected chi connectivity index (χ3v) is 1.55.